The van der Waals surface area contributed by atoms with Gasteiger partial charge in [0.2, 0.25) is 0 Å². The number of methoxy groups -OCH3 is 1. The smallest absolute Gasteiger partial charge is 0.265 e. The minimum atomic E-state index is -0.655. The third kappa shape index (κ3) is 4.91. The molecule has 0 aliphatic heterocycles. The molecule has 1 amide bonds. The zero-order valence-electron chi connectivity index (χ0n) is 14.2. The Balaban J connectivity index is 1.93. The van der Waals surface area contributed by atoms with E-state index >= 15 is 0 Å². The highest BCUT2D eigenvalue weighted by Gasteiger charge is 2.16. The van der Waals surface area contributed by atoms with Crippen LogP contribution < -0.4 is 19.5 Å². The zero-order chi connectivity index (χ0) is 17.4. The van der Waals surface area contributed by atoms with Gasteiger partial charge < -0.3 is 19.5 Å². The molecule has 0 heterocycles. The molecule has 0 aliphatic rings. The normalized spacial score (nSPS) is 11.5. The van der Waals surface area contributed by atoms with Gasteiger partial charge in [-0.15, -0.1) is 0 Å². The van der Waals surface area contributed by atoms with Gasteiger partial charge in [0, 0.05) is 5.69 Å². The summed E-state index contributed by atoms with van der Waals surface area (Å²) < 4.78 is 16.4. The number of amides is 1. The van der Waals surface area contributed by atoms with Crippen LogP contribution in [-0.4, -0.2) is 25.7 Å². The fourth-order valence-corrected chi connectivity index (χ4v) is 2.06. The topological polar surface area (TPSA) is 56.8 Å². The average molecular weight is 329 g/mol. The molecule has 0 saturated carbocycles. The maximum Gasteiger partial charge on any atom is 0.265 e. The molecule has 5 heteroatoms. The summed E-state index contributed by atoms with van der Waals surface area (Å²) in [5.41, 5.74) is 0.694. The number of carbonyl (C=O) groups is 1. The van der Waals surface area contributed by atoms with E-state index in [9.17, 15) is 4.79 Å². The van der Waals surface area contributed by atoms with Crippen molar-refractivity contribution in [2.24, 2.45) is 0 Å². The molecule has 5 nitrogen and oxygen atoms in total. The molecule has 0 fully saturated rings. The first-order valence-corrected chi connectivity index (χ1v) is 7.97. The summed E-state index contributed by atoms with van der Waals surface area (Å²) in [5.74, 6) is 1.68. The second kappa shape index (κ2) is 8.82. The van der Waals surface area contributed by atoms with Crippen molar-refractivity contribution in [3.63, 3.8) is 0 Å². The Morgan fingerprint density at radius 2 is 1.75 bits per heavy atom. The van der Waals surface area contributed by atoms with Gasteiger partial charge in [-0.25, -0.2) is 0 Å². The number of carbonyl (C=O) groups excluding carboxylic acids is 1. The lowest BCUT2D eigenvalue weighted by Gasteiger charge is -2.16. The second-order valence-corrected chi connectivity index (χ2v) is 5.27. The van der Waals surface area contributed by atoms with Crippen LogP contribution in [0.2, 0.25) is 0 Å². The largest absolute Gasteiger partial charge is 0.494 e. The van der Waals surface area contributed by atoms with Crippen molar-refractivity contribution in [3.8, 4) is 17.2 Å². The van der Waals surface area contributed by atoms with Gasteiger partial charge in [-0.05, 0) is 49.7 Å². The Bertz CT molecular complexity index is 655. The van der Waals surface area contributed by atoms with Gasteiger partial charge in [0.15, 0.2) is 17.6 Å². The average Bonchev–Trinajstić information content (AvgIpc) is 2.61. The molecule has 24 heavy (non-hydrogen) atoms. The standard InChI is InChI=1S/C19H23NO4/c1-4-13-23-16-11-9-15(10-12-16)20-19(21)14(2)24-18-8-6-5-7-17(18)22-3/h5-12,14H,4,13H2,1-3H3,(H,20,21)/t14-/m1/s1. The van der Waals surface area contributed by atoms with Crippen LogP contribution in [0.1, 0.15) is 20.3 Å². The van der Waals surface area contributed by atoms with Gasteiger partial charge in [-0.2, -0.15) is 0 Å². The number of nitrogens with one attached hydrogen (secondary N) is 1. The number of para-hydroxylation sites is 2. The third-order valence-corrected chi connectivity index (χ3v) is 3.34. The quantitative estimate of drug-likeness (QED) is 0.798. The maximum absolute atomic E-state index is 12.3. The van der Waals surface area contributed by atoms with Crippen LogP contribution in [0.5, 0.6) is 17.2 Å². The lowest BCUT2D eigenvalue weighted by atomic mass is 10.2. The summed E-state index contributed by atoms with van der Waals surface area (Å²) in [7, 11) is 1.56. The van der Waals surface area contributed by atoms with E-state index in [0.717, 1.165) is 12.2 Å². The minimum Gasteiger partial charge on any atom is -0.494 e. The minimum absolute atomic E-state index is 0.233. The van der Waals surface area contributed by atoms with E-state index in [2.05, 4.69) is 12.2 Å². The first-order valence-electron chi connectivity index (χ1n) is 7.97. The Labute approximate surface area is 142 Å². The lowest BCUT2D eigenvalue weighted by Crippen LogP contribution is -2.30. The second-order valence-electron chi connectivity index (χ2n) is 5.27. The Kier molecular flexibility index (Phi) is 6.49. The van der Waals surface area contributed by atoms with E-state index in [-0.39, 0.29) is 5.91 Å². The van der Waals surface area contributed by atoms with Crippen molar-refractivity contribution in [1.29, 1.82) is 0 Å². The summed E-state index contributed by atoms with van der Waals surface area (Å²) in [6.45, 7) is 4.42. The van der Waals surface area contributed by atoms with Crippen LogP contribution in [0.25, 0.3) is 0 Å². The first kappa shape index (κ1) is 17.7. The predicted octanol–water partition coefficient (Wildman–Crippen LogP) is 3.89. The summed E-state index contributed by atoms with van der Waals surface area (Å²) in [4.78, 5) is 12.3. The van der Waals surface area contributed by atoms with Gasteiger partial charge in [0.05, 0.1) is 13.7 Å². The number of benzene rings is 2. The van der Waals surface area contributed by atoms with Crippen molar-refractivity contribution in [1.82, 2.24) is 0 Å². The maximum atomic E-state index is 12.3. The highest BCUT2D eigenvalue weighted by atomic mass is 16.5. The molecule has 2 aromatic carbocycles. The Hall–Kier alpha value is -2.69. The number of rotatable bonds is 8. The van der Waals surface area contributed by atoms with Gasteiger partial charge in [0.1, 0.15) is 5.75 Å². The fourth-order valence-electron chi connectivity index (χ4n) is 2.06. The molecule has 0 aliphatic carbocycles. The number of ether oxygens (including phenoxy) is 3. The third-order valence-electron chi connectivity index (χ3n) is 3.34. The van der Waals surface area contributed by atoms with Crippen LogP contribution >= 0.6 is 0 Å². The number of anilines is 1. The molecule has 2 rings (SSSR count). The van der Waals surface area contributed by atoms with Crippen LogP contribution in [0.4, 0.5) is 5.69 Å². The summed E-state index contributed by atoms with van der Waals surface area (Å²) >= 11 is 0. The van der Waals surface area contributed by atoms with Crippen molar-refractivity contribution >= 4 is 11.6 Å². The zero-order valence-corrected chi connectivity index (χ0v) is 14.2. The molecule has 0 radical (unpaired) electrons. The van der Waals surface area contributed by atoms with Crippen molar-refractivity contribution < 1.29 is 19.0 Å². The lowest BCUT2D eigenvalue weighted by molar-refractivity contribution is -0.122. The van der Waals surface area contributed by atoms with Crippen LogP contribution in [0.3, 0.4) is 0 Å². The van der Waals surface area contributed by atoms with Gasteiger partial charge in [0.25, 0.3) is 5.91 Å². The van der Waals surface area contributed by atoms with E-state index in [1.54, 1.807) is 38.3 Å². The first-order chi connectivity index (χ1) is 11.6. The van der Waals surface area contributed by atoms with Gasteiger partial charge >= 0.3 is 0 Å². The monoisotopic (exact) mass is 329 g/mol. The predicted molar refractivity (Wildman–Crippen MR) is 93.9 cm³/mol. The van der Waals surface area contributed by atoms with Crippen molar-refractivity contribution in [2.45, 2.75) is 26.4 Å². The molecular formula is C19H23NO4. The molecule has 0 unspecified atom stereocenters. The Morgan fingerprint density at radius 1 is 1.08 bits per heavy atom. The van der Waals surface area contributed by atoms with Gasteiger partial charge in [-0.3, -0.25) is 4.79 Å². The highest BCUT2D eigenvalue weighted by molar-refractivity contribution is 5.94. The molecular weight excluding hydrogens is 306 g/mol. The van der Waals surface area contributed by atoms with Crippen LogP contribution in [-0.2, 0) is 4.79 Å². The molecule has 0 aromatic heterocycles. The molecule has 128 valence electrons. The Morgan fingerprint density at radius 3 is 2.38 bits per heavy atom. The summed E-state index contributed by atoms with van der Waals surface area (Å²) in [6, 6.07) is 14.5. The van der Waals surface area contributed by atoms with Gasteiger partial charge in [-0.1, -0.05) is 19.1 Å². The van der Waals surface area contributed by atoms with E-state index in [4.69, 9.17) is 14.2 Å². The molecule has 0 spiro atoms. The number of hydrogen-bond acceptors (Lipinski definition) is 4. The van der Waals surface area contributed by atoms with E-state index in [0.29, 0.717) is 23.8 Å². The van der Waals surface area contributed by atoms with Crippen LogP contribution in [0.15, 0.2) is 48.5 Å². The number of hydrogen-bond donors (Lipinski definition) is 1. The molecule has 0 saturated heterocycles. The van der Waals surface area contributed by atoms with E-state index in [1.165, 1.54) is 0 Å². The molecule has 0 bridgehead atoms. The van der Waals surface area contributed by atoms with Crippen LogP contribution in [0, 0.1) is 0 Å². The SMILES string of the molecule is CCCOc1ccc(NC(=O)[C@@H](C)Oc2ccccc2OC)cc1. The molecule has 2 aromatic rings. The van der Waals surface area contributed by atoms with E-state index in [1.807, 2.05) is 24.3 Å². The molecule has 1 N–H and O–H groups in total. The van der Waals surface area contributed by atoms with E-state index < -0.39 is 6.10 Å². The van der Waals surface area contributed by atoms with Crippen molar-refractivity contribution in [2.75, 3.05) is 19.0 Å². The molecule has 1 atom stereocenters. The fraction of sp³-hybridized carbons (Fsp3) is 0.316. The summed E-state index contributed by atoms with van der Waals surface area (Å²) in [5, 5.41) is 2.82. The highest BCUT2D eigenvalue weighted by Crippen LogP contribution is 2.27. The summed E-state index contributed by atoms with van der Waals surface area (Å²) in [6.07, 6.45) is 0.299. The van der Waals surface area contributed by atoms with Crippen molar-refractivity contribution in [3.05, 3.63) is 48.5 Å².